The Morgan fingerprint density at radius 2 is 2.25 bits per heavy atom. The summed E-state index contributed by atoms with van der Waals surface area (Å²) in [6, 6.07) is 8.08. The Hall–Kier alpha value is -1.73. The minimum absolute atomic E-state index is 0.495. The number of hydrogen-bond acceptors (Lipinski definition) is 4. The van der Waals surface area contributed by atoms with Crippen LogP contribution in [0.1, 0.15) is 5.56 Å². The number of nitrogens with zero attached hydrogens (tertiary/aromatic N) is 3. The zero-order valence-corrected chi connectivity index (χ0v) is 13.0. The Bertz CT molecular complexity index is 827. The number of benzene rings is 1. The van der Waals surface area contributed by atoms with Crippen LogP contribution in [0.2, 0.25) is 0 Å². The maximum absolute atomic E-state index is 5.36. The van der Waals surface area contributed by atoms with Crippen molar-refractivity contribution in [2.45, 2.75) is 6.54 Å². The lowest BCUT2D eigenvalue weighted by Crippen LogP contribution is -2.01. The van der Waals surface area contributed by atoms with Crippen LogP contribution >= 0.6 is 28.1 Å². The van der Waals surface area contributed by atoms with E-state index in [9.17, 15) is 0 Å². The molecule has 0 amide bonds. The minimum Gasteiger partial charge on any atom is -0.479 e. The van der Waals surface area contributed by atoms with Crippen molar-refractivity contribution in [3.63, 3.8) is 0 Å². The zero-order chi connectivity index (χ0) is 14.1. The molecule has 0 atom stereocenters. The molecule has 2 heterocycles. The summed E-state index contributed by atoms with van der Waals surface area (Å²) < 4.78 is 8.77. The van der Waals surface area contributed by atoms with Crippen LogP contribution in [0, 0.1) is 4.77 Å². The van der Waals surface area contributed by atoms with E-state index in [1.54, 1.807) is 7.11 Å². The van der Waals surface area contributed by atoms with Crippen molar-refractivity contribution >= 4 is 39.3 Å². The molecule has 20 heavy (non-hydrogen) atoms. The number of fused-ring (bicyclic) bond motifs is 1. The zero-order valence-electron chi connectivity index (χ0n) is 10.6. The van der Waals surface area contributed by atoms with Gasteiger partial charge < -0.3 is 9.72 Å². The number of aromatic nitrogens is 4. The molecule has 1 aromatic carbocycles. The number of methoxy groups -OCH3 is 1. The third-order valence-corrected chi connectivity index (χ3v) is 3.76. The Balaban J connectivity index is 2.12. The normalized spacial score (nSPS) is 10.9. The van der Waals surface area contributed by atoms with E-state index in [1.807, 2.05) is 22.8 Å². The standard InChI is InChI=1S/C13H11BrN4OS/c1-19-12-10-11(15-7-16-12)18(13(20)17-10)6-8-3-2-4-9(14)5-8/h2-5,7H,6H2,1H3,(H,17,20). The fourth-order valence-electron chi connectivity index (χ4n) is 2.06. The molecule has 0 unspecified atom stereocenters. The van der Waals surface area contributed by atoms with Gasteiger partial charge >= 0.3 is 0 Å². The van der Waals surface area contributed by atoms with Crippen LogP contribution in [-0.4, -0.2) is 26.6 Å². The van der Waals surface area contributed by atoms with Gasteiger partial charge in [0.05, 0.1) is 13.7 Å². The van der Waals surface area contributed by atoms with Crippen molar-refractivity contribution in [1.82, 2.24) is 19.5 Å². The summed E-state index contributed by atoms with van der Waals surface area (Å²) in [5.74, 6) is 0.495. The quantitative estimate of drug-likeness (QED) is 0.736. The minimum atomic E-state index is 0.495. The SMILES string of the molecule is COc1ncnc2c1[nH]c(=S)n2Cc1cccc(Br)c1. The summed E-state index contributed by atoms with van der Waals surface area (Å²) >= 11 is 8.83. The topological polar surface area (TPSA) is 55.7 Å². The van der Waals surface area contributed by atoms with E-state index < -0.39 is 0 Å². The second kappa shape index (κ2) is 5.34. The summed E-state index contributed by atoms with van der Waals surface area (Å²) in [5.41, 5.74) is 2.59. The van der Waals surface area contributed by atoms with Gasteiger partial charge in [0.1, 0.15) is 11.8 Å². The average Bonchev–Trinajstić information content (AvgIpc) is 2.75. The van der Waals surface area contributed by atoms with E-state index >= 15 is 0 Å². The van der Waals surface area contributed by atoms with Crippen LogP contribution in [0.15, 0.2) is 35.1 Å². The average molecular weight is 351 g/mol. The van der Waals surface area contributed by atoms with Crippen LogP contribution in [0.4, 0.5) is 0 Å². The van der Waals surface area contributed by atoms with E-state index in [2.05, 4.69) is 36.9 Å². The van der Waals surface area contributed by atoms with Gasteiger partial charge in [0.15, 0.2) is 10.4 Å². The Morgan fingerprint density at radius 1 is 1.40 bits per heavy atom. The maximum atomic E-state index is 5.36. The van der Waals surface area contributed by atoms with Gasteiger partial charge in [-0.05, 0) is 29.9 Å². The first-order valence-electron chi connectivity index (χ1n) is 5.91. The summed E-state index contributed by atoms with van der Waals surface area (Å²) in [6.07, 6.45) is 1.47. The molecule has 0 aliphatic carbocycles. The molecule has 0 saturated heterocycles. The second-order valence-corrected chi connectivity index (χ2v) is 5.53. The molecule has 0 fully saturated rings. The first-order chi connectivity index (χ1) is 9.69. The van der Waals surface area contributed by atoms with Crippen molar-refractivity contribution in [3.05, 3.63) is 45.4 Å². The number of imidazole rings is 1. The number of H-pyrrole nitrogens is 1. The van der Waals surface area contributed by atoms with E-state index in [-0.39, 0.29) is 0 Å². The van der Waals surface area contributed by atoms with Gasteiger partial charge in [0.25, 0.3) is 0 Å². The monoisotopic (exact) mass is 350 g/mol. The molecule has 0 bridgehead atoms. The Morgan fingerprint density at radius 3 is 3.00 bits per heavy atom. The molecule has 0 aliphatic rings. The van der Waals surface area contributed by atoms with Crippen LogP contribution in [0.25, 0.3) is 11.2 Å². The van der Waals surface area contributed by atoms with Gasteiger partial charge in [-0.2, -0.15) is 4.98 Å². The van der Waals surface area contributed by atoms with Crippen LogP contribution in [0.3, 0.4) is 0 Å². The molecule has 102 valence electrons. The first-order valence-corrected chi connectivity index (χ1v) is 7.11. The van der Waals surface area contributed by atoms with Gasteiger partial charge in [-0.3, -0.25) is 4.57 Å². The lowest BCUT2D eigenvalue weighted by molar-refractivity contribution is 0.401. The number of halogens is 1. The number of ether oxygens (including phenoxy) is 1. The van der Waals surface area contributed by atoms with E-state index in [1.165, 1.54) is 6.33 Å². The smallest absolute Gasteiger partial charge is 0.242 e. The highest BCUT2D eigenvalue weighted by Crippen LogP contribution is 2.21. The molecule has 1 N–H and O–H groups in total. The van der Waals surface area contributed by atoms with Crippen LogP contribution < -0.4 is 4.74 Å². The molecular weight excluding hydrogens is 340 g/mol. The molecule has 0 aliphatic heterocycles. The fraction of sp³-hybridized carbons (Fsp3) is 0.154. The van der Waals surface area contributed by atoms with Gasteiger partial charge in [-0.1, -0.05) is 28.1 Å². The molecule has 0 saturated carbocycles. The fourth-order valence-corrected chi connectivity index (χ4v) is 2.76. The molecule has 7 heteroatoms. The largest absolute Gasteiger partial charge is 0.479 e. The molecule has 0 radical (unpaired) electrons. The van der Waals surface area contributed by atoms with E-state index in [0.29, 0.717) is 17.2 Å². The Kier molecular flexibility index (Phi) is 3.54. The van der Waals surface area contributed by atoms with E-state index in [4.69, 9.17) is 17.0 Å². The number of nitrogens with one attached hydrogen (secondary N) is 1. The third-order valence-electron chi connectivity index (χ3n) is 2.95. The van der Waals surface area contributed by atoms with Crippen molar-refractivity contribution in [2.24, 2.45) is 0 Å². The summed E-state index contributed by atoms with van der Waals surface area (Å²) in [7, 11) is 1.57. The molecular formula is C13H11BrN4OS. The van der Waals surface area contributed by atoms with Crippen molar-refractivity contribution in [1.29, 1.82) is 0 Å². The molecule has 5 nitrogen and oxygen atoms in total. The van der Waals surface area contributed by atoms with Crippen LogP contribution in [-0.2, 0) is 6.54 Å². The second-order valence-electron chi connectivity index (χ2n) is 4.23. The number of hydrogen-bond donors (Lipinski definition) is 1. The molecule has 0 spiro atoms. The Labute approximate surface area is 128 Å². The highest BCUT2D eigenvalue weighted by Gasteiger charge is 2.11. The number of rotatable bonds is 3. The van der Waals surface area contributed by atoms with Gasteiger partial charge in [-0.15, -0.1) is 0 Å². The molecule has 2 aromatic heterocycles. The summed E-state index contributed by atoms with van der Waals surface area (Å²) in [6.45, 7) is 0.637. The molecule has 3 aromatic rings. The lowest BCUT2D eigenvalue weighted by Gasteiger charge is -2.05. The number of aromatic amines is 1. The van der Waals surface area contributed by atoms with Gasteiger partial charge in [-0.25, -0.2) is 4.98 Å². The maximum Gasteiger partial charge on any atom is 0.242 e. The van der Waals surface area contributed by atoms with Gasteiger partial charge in [0.2, 0.25) is 5.88 Å². The van der Waals surface area contributed by atoms with Crippen molar-refractivity contribution in [3.8, 4) is 5.88 Å². The van der Waals surface area contributed by atoms with Crippen molar-refractivity contribution < 1.29 is 4.74 Å². The first kappa shape index (κ1) is 13.3. The molecule has 3 rings (SSSR count). The summed E-state index contributed by atoms with van der Waals surface area (Å²) in [5, 5.41) is 0. The highest BCUT2D eigenvalue weighted by molar-refractivity contribution is 9.10. The van der Waals surface area contributed by atoms with Crippen molar-refractivity contribution in [2.75, 3.05) is 7.11 Å². The van der Waals surface area contributed by atoms with E-state index in [0.717, 1.165) is 21.2 Å². The predicted octanol–water partition coefficient (Wildman–Crippen LogP) is 3.31. The lowest BCUT2D eigenvalue weighted by atomic mass is 10.2. The van der Waals surface area contributed by atoms with Gasteiger partial charge in [0, 0.05) is 4.47 Å². The third kappa shape index (κ3) is 2.34. The van der Waals surface area contributed by atoms with Crippen LogP contribution in [0.5, 0.6) is 5.88 Å². The summed E-state index contributed by atoms with van der Waals surface area (Å²) in [4.78, 5) is 11.5. The highest BCUT2D eigenvalue weighted by atomic mass is 79.9. The predicted molar refractivity (Wildman–Crippen MR) is 82.5 cm³/mol.